The van der Waals surface area contributed by atoms with Crippen molar-refractivity contribution in [3.63, 3.8) is 0 Å². The van der Waals surface area contributed by atoms with Crippen LogP contribution in [0.25, 0.3) is 0 Å². The molecule has 0 spiro atoms. The van der Waals surface area contributed by atoms with Gasteiger partial charge in [-0.1, -0.05) is 0 Å². The lowest BCUT2D eigenvalue weighted by molar-refractivity contribution is -0.132. The van der Waals surface area contributed by atoms with Crippen LogP contribution in [0.1, 0.15) is 6.92 Å². The zero-order chi connectivity index (χ0) is 9.14. The molecular weight excluding hydrogens is 187 g/mol. The predicted octanol–water partition coefficient (Wildman–Crippen LogP) is 1.19. The number of carbonyl (C=O) groups is 1. The highest BCUT2D eigenvalue weighted by Gasteiger charge is 2.08. The lowest BCUT2D eigenvalue weighted by Crippen LogP contribution is -2.05. The number of hydrogen-bond donors (Lipinski definition) is 0. The van der Waals surface area contributed by atoms with E-state index in [1.165, 1.54) is 0 Å². The number of aromatic nitrogens is 2. The van der Waals surface area contributed by atoms with Crippen LogP contribution in [0.15, 0.2) is 6.20 Å². The number of halogens is 2. The molecule has 1 aromatic heterocycles. The summed E-state index contributed by atoms with van der Waals surface area (Å²) in [5, 5.41) is -0.173. The van der Waals surface area contributed by atoms with E-state index in [-0.39, 0.29) is 5.28 Å². The van der Waals surface area contributed by atoms with E-state index in [0.29, 0.717) is 0 Å². The van der Waals surface area contributed by atoms with Gasteiger partial charge in [0.25, 0.3) is 5.88 Å². The van der Waals surface area contributed by atoms with Gasteiger partial charge in [-0.15, -0.1) is 0 Å². The third-order valence-electron chi connectivity index (χ3n) is 0.923. The first-order chi connectivity index (χ1) is 5.59. The van der Waals surface area contributed by atoms with Crippen LogP contribution in [-0.4, -0.2) is 15.9 Å². The first kappa shape index (κ1) is 8.86. The largest absolute Gasteiger partial charge is 0.404 e. The normalized spacial score (nSPS) is 9.58. The molecule has 0 atom stereocenters. The molecule has 0 unspecified atom stereocenters. The van der Waals surface area contributed by atoms with Crippen LogP contribution in [0.2, 0.25) is 5.28 Å². The second kappa shape index (κ2) is 3.44. The van der Waals surface area contributed by atoms with Crippen molar-refractivity contribution in [2.45, 2.75) is 6.92 Å². The molecule has 0 amide bonds. The maximum atomic E-state index is 12.7. The Bertz CT molecular complexity index is 318. The number of rotatable bonds is 1. The standard InChI is InChI=1S/C6H4ClFN2O2/c1-3(11)12-5-4(8)2-9-6(7)10-5/h2H,1H3. The van der Waals surface area contributed by atoms with Crippen molar-refractivity contribution in [1.29, 1.82) is 0 Å². The van der Waals surface area contributed by atoms with Crippen LogP contribution in [0, 0.1) is 5.82 Å². The van der Waals surface area contributed by atoms with Crippen LogP contribution in [0.5, 0.6) is 5.88 Å². The predicted molar refractivity (Wildman–Crippen MR) is 38.3 cm³/mol. The van der Waals surface area contributed by atoms with Gasteiger partial charge in [0.2, 0.25) is 11.1 Å². The fourth-order valence-electron chi connectivity index (χ4n) is 0.539. The van der Waals surface area contributed by atoms with Gasteiger partial charge in [-0.3, -0.25) is 4.79 Å². The minimum absolute atomic E-state index is 0.173. The molecule has 0 aliphatic carbocycles. The maximum absolute atomic E-state index is 12.7. The fraction of sp³-hybridized carbons (Fsp3) is 0.167. The third kappa shape index (κ3) is 2.13. The summed E-state index contributed by atoms with van der Waals surface area (Å²) in [6, 6.07) is 0. The van der Waals surface area contributed by atoms with Crippen molar-refractivity contribution in [3.8, 4) is 5.88 Å². The van der Waals surface area contributed by atoms with E-state index in [2.05, 4.69) is 14.7 Å². The summed E-state index contributed by atoms with van der Waals surface area (Å²) in [7, 11) is 0. The van der Waals surface area contributed by atoms with Crippen molar-refractivity contribution in [1.82, 2.24) is 9.97 Å². The monoisotopic (exact) mass is 190 g/mol. The first-order valence-electron chi connectivity index (χ1n) is 2.96. The Hall–Kier alpha value is -1.23. The van der Waals surface area contributed by atoms with Crippen LogP contribution >= 0.6 is 11.6 Å². The first-order valence-corrected chi connectivity index (χ1v) is 3.34. The average Bonchev–Trinajstić information content (AvgIpc) is 1.96. The molecule has 1 heterocycles. The fourth-order valence-corrected chi connectivity index (χ4v) is 0.664. The molecule has 0 aromatic carbocycles. The summed E-state index contributed by atoms with van der Waals surface area (Å²) in [4.78, 5) is 17.1. The highest BCUT2D eigenvalue weighted by Crippen LogP contribution is 2.14. The molecule has 0 radical (unpaired) electrons. The van der Waals surface area contributed by atoms with Crippen molar-refractivity contribution >= 4 is 17.6 Å². The summed E-state index contributed by atoms with van der Waals surface area (Å²) in [6.07, 6.45) is 0.827. The molecule has 0 N–H and O–H groups in total. The van der Waals surface area contributed by atoms with E-state index in [4.69, 9.17) is 11.6 Å². The summed E-state index contributed by atoms with van der Waals surface area (Å²) < 4.78 is 17.0. The molecule has 6 heteroatoms. The number of esters is 1. The molecule has 0 saturated heterocycles. The third-order valence-corrected chi connectivity index (χ3v) is 1.11. The van der Waals surface area contributed by atoms with Gasteiger partial charge in [-0.05, 0) is 11.6 Å². The Labute approximate surface area is 72.3 Å². The van der Waals surface area contributed by atoms with Gasteiger partial charge in [-0.25, -0.2) is 4.98 Å². The molecule has 0 aliphatic rings. The lowest BCUT2D eigenvalue weighted by Gasteiger charge is -1.99. The zero-order valence-corrected chi connectivity index (χ0v) is 6.80. The molecule has 0 bridgehead atoms. The Morgan fingerprint density at radius 1 is 1.75 bits per heavy atom. The molecule has 0 fully saturated rings. The second-order valence-electron chi connectivity index (χ2n) is 1.89. The molecule has 0 saturated carbocycles. The lowest BCUT2D eigenvalue weighted by atomic mass is 10.6. The Kier molecular flexibility index (Phi) is 2.54. The average molecular weight is 191 g/mol. The van der Waals surface area contributed by atoms with Crippen LogP contribution in [0.4, 0.5) is 4.39 Å². The summed E-state index contributed by atoms with van der Waals surface area (Å²) >= 11 is 5.32. The molecule has 0 aliphatic heterocycles. The summed E-state index contributed by atoms with van der Waals surface area (Å²) in [6.45, 7) is 1.13. The Morgan fingerprint density at radius 2 is 2.42 bits per heavy atom. The van der Waals surface area contributed by atoms with Crippen LogP contribution in [0.3, 0.4) is 0 Å². The number of carbonyl (C=O) groups excluding carboxylic acids is 1. The number of hydrogen-bond acceptors (Lipinski definition) is 4. The van der Waals surface area contributed by atoms with Crippen LogP contribution < -0.4 is 4.74 Å². The zero-order valence-electron chi connectivity index (χ0n) is 6.04. The van der Waals surface area contributed by atoms with E-state index in [9.17, 15) is 9.18 Å². The smallest absolute Gasteiger partial charge is 0.309 e. The van der Waals surface area contributed by atoms with Gasteiger partial charge in [-0.2, -0.15) is 9.37 Å². The van der Waals surface area contributed by atoms with Gasteiger partial charge in [0.1, 0.15) is 0 Å². The topological polar surface area (TPSA) is 52.1 Å². The van der Waals surface area contributed by atoms with Gasteiger partial charge >= 0.3 is 5.97 Å². The van der Waals surface area contributed by atoms with Crippen LogP contribution in [-0.2, 0) is 4.79 Å². The highest BCUT2D eigenvalue weighted by molar-refractivity contribution is 6.28. The van der Waals surface area contributed by atoms with Gasteiger partial charge in [0.05, 0.1) is 6.20 Å². The summed E-state index contributed by atoms with van der Waals surface area (Å²) in [5.74, 6) is -1.94. The molecule has 1 rings (SSSR count). The summed E-state index contributed by atoms with van der Waals surface area (Å²) in [5.41, 5.74) is 0. The van der Waals surface area contributed by atoms with E-state index in [1.807, 2.05) is 0 Å². The van der Waals surface area contributed by atoms with Gasteiger partial charge in [0.15, 0.2) is 0 Å². The molecule has 12 heavy (non-hydrogen) atoms. The van der Waals surface area contributed by atoms with Crippen molar-refractivity contribution in [3.05, 3.63) is 17.3 Å². The molecule has 1 aromatic rings. The molecule has 4 nitrogen and oxygen atoms in total. The van der Waals surface area contributed by atoms with E-state index in [1.54, 1.807) is 0 Å². The van der Waals surface area contributed by atoms with Gasteiger partial charge < -0.3 is 4.74 Å². The van der Waals surface area contributed by atoms with E-state index < -0.39 is 17.7 Å². The van der Waals surface area contributed by atoms with Crippen molar-refractivity contribution in [2.24, 2.45) is 0 Å². The number of nitrogens with zero attached hydrogens (tertiary/aromatic N) is 2. The highest BCUT2D eigenvalue weighted by atomic mass is 35.5. The second-order valence-corrected chi connectivity index (χ2v) is 2.22. The van der Waals surface area contributed by atoms with Gasteiger partial charge in [0, 0.05) is 6.92 Å². The molecule has 64 valence electrons. The maximum Gasteiger partial charge on any atom is 0.309 e. The Balaban J connectivity index is 2.97. The van der Waals surface area contributed by atoms with Crippen molar-refractivity contribution in [2.75, 3.05) is 0 Å². The quantitative estimate of drug-likeness (QED) is 0.493. The number of ether oxygens (including phenoxy) is 1. The van der Waals surface area contributed by atoms with E-state index >= 15 is 0 Å². The van der Waals surface area contributed by atoms with E-state index in [0.717, 1.165) is 13.1 Å². The minimum Gasteiger partial charge on any atom is -0.404 e. The minimum atomic E-state index is -0.824. The Morgan fingerprint density at radius 3 is 3.00 bits per heavy atom. The molecular formula is C6H4ClFN2O2. The van der Waals surface area contributed by atoms with Crippen molar-refractivity contribution < 1.29 is 13.9 Å². The SMILES string of the molecule is CC(=O)Oc1nc(Cl)ncc1F.